The minimum atomic E-state index is -5.23. The van der Waals surface area contributed by atoms with Gasteiger partial charge in [0.25, 0.3) is 0 Å². The van der Waals surface area contributed by atoms with E-state index in [-0.39, 0.29) is 23.7 Å². The first-order valence-electron chi connectivity index (χ1n) is 12.5. The minimum absolute atomic E-state index is 0.0498. The molecule has 206 valence electrons. The Morgan fingerprint density at radius 2 is 1.46 bits per heavy atom. The fourth-order valence-corrected chi connectivity index (χ4v) is 4.40. The maximum absolute atomic E-state index is 13.7. The summed E-state index contributed by atoms with van der Waals surface area (Å²) < 4.78 is 66.1. The van der Waals surface area contributed by atoms with Gasteiger partial charge in [0.1, 0.15) is 17.7 Å². The Bertz CT molecular complexity index is 1260. The molecule has 0 unspecified atom stereocenters. The molecule has 0 N–H and O–H groups in total. The second kappa shape index (κ2) is 11.4. The summed E-state index contributed by atoms with van der Waals surface area (Å²) in [6.07, 6.45) is -4.02. The second-order valence-electron chi connectivity index (χ2n) is 9.07. The number of alkyl halides is 3. The number of rotatable bonds is 6. The number of para-hydroxylation sites is 1. The molecule has 2 fully saturated rings. The van der Waals surface area contributed by atoms with Crippen molar-refractivity contribution in [2.24, 2.45) is 0 Å². The molecule has 0 aliphatic carbocycles. The number of nitrogens with zero attached hydrogens (tertiary/aromatic N) is 6. The third-order valence-electron chi connectivity index (χ3n) is 6.40. The minimum Gasteiger partial charge on any atom is -0.490 e. The SMILES string of the molecule is O=C(N(c1ccc(F)cc1)c1nc(N2CCOCC2)nc(N2CCC(Oc3ccccc3)CC2)n1)C(F)(F)F. The van der Waals surface area contributed by atoms with Crippen LogP contribution in [0.15, 0.2) is 54.6 Å². The van der Waals surface area contributed by atoms with Gasteiger partial charge in [-0.2, -0.15) is 28.1 Å². The van der Waals surface area contributed by atoms with Crippen LogP contribution in [-0.4, -0.2) is 72.5 Å². The maximum atomic E-state index is 13.7. The Kier molecular flexibility index (Phi) is 7.77. The number of piperidine rings is 1. The molecular formula is C26H26F4N6O3. The molecule has 0 saturated carbocycles. The van der Waals surface area contributed by atoms with Gasteiger partial charge in [-0.15, -0.1) is 0 Å². The third-order valence-corrected chi connectivity index (χ3v) is 6.40. The van der Waals surface area contributed by atoms with Gasteiger partial charge >= 0.3 is 12.1 Å². The normalized spacial score (nSPS) is 16.7. The molecular weight excluding hydrogens is 520 g/mol. The zero-order valence-corrected chi connectivity index (χ0v) is 20.9. The van der Waals surface area contributed by atoms with Gasteiger partial charge in [-0.1, -0.05) is 18.2 Å². The molecule has 0 radical (unpaired) electrons. The molecule has 3 heterocycles. The van der Waals surface area contributed by atoms with Crippen molar-refractivity contribution in [3.05, 3.63) is 60.4 Å². The van der Waals surface area contributed by atoms with Crippen LogP contribution in [0.25, 0.3) is 0 Å². The Morgan fingerprint density at radius 3 is 2.05 bits per heavy atom. The molecule has 2 saturated heterocycles. The van der Waals surface area contributed by atoms with E-state index in [9.17, 15) is 22.4 Å². The number of aromatic nitrogens is 3. The predicted octanol–water partition coefficient (Wildman–Crippen LogP) is 4.12. The summed E-state index contributed by atoms with van der Waals surface area (Å²) in [6, 6.07) is 13.5. The van der Waals surface area contributed by atoms with Crippen LogP contribution in [0, 0.1) is 5.82 Å². The van der Waals surface area contributed by atoms with Crippen molar-refractivity contribution in [2.75, 3.05) is 54.1 Å². The quantitative estimate of drug-likeness (QED) is 0.427. The number of ether oxygens (including phenoxy) is 2. The number of carbonyl (C=O) groups excluding carboxylic acids is 1. The standard InChI is InChI=1S/C26H26F4N6O3/c27-18-6-8-19(9-7-18)36(22(37)26(28,29)30)25-32-23(31-24(33-25)35-14-16-38-17-15-35)34-12-10-21(11-13-34)39-20-4-2-1-3-5-20/h1-9,21H,10-17H2. The monoisotopic (exact) mass is 546 g/mol. The zero-order chi connectivity index (χ0) is 27.4. The van der Waals surface area contributed by atoms with E-state index in [4.69, 9.17) is 9.47 Å². The van der Waals surface area contributed by atoms with Gasteiger partial charge in [-0.3, -0.25) is 4.79 Å². The molecule has 2 aromatic carbocycles. The van der Waals surface area contributed by atoms with Crippen LogP contribution in [0.2, 0.25) is 0 Å². The van der Waals surface area contributed by atoms with Crippen molar-refractivity contribution in [3.8, 4) is 5.75 Å². The second-order valence-corrected chi connectivity index (χ2v) is 9.07. The summed E-state index contributed by atoms with van der Waals surface area (Å²) in [5.74, 6) is -2.34. The molecule has 39 heavy (non-hydrogen) atoms. The molecule has 0 spiro atoms. The van der Waals surface area contributed by atoms with Crippen molar-refractivity contribution >= 4 is 29.4 Å². The van der Waals surface area contributed by atoms with E-state index in [1.165, 1.54) is 0 Å². The molecule has 9 nitrogen and oxygen atoms in total. The van der Waals surface area contributed by atoms with Crippen LogP contribution in [0.4, 0.5) is 41.1 Å². The van der Waals surface area contributed by atoms with Crippen LogP contribution in [-0.2, 0) is 9.53 Å². The first-order valence-corrected chi connectivity index (χ1v) is 12.5. The molecule has 5 rings (SSSR count). The van der Waals surface area contributed by atoms with Crippen molar-refractivity contribution in [1.82, 2.24) is 15.0 Å². The third kappa shape index (κ3) is 6.36. The molecule has 2 aliphatic rings. The summed E-state index contributed by atoms with van der Waals surface area (Å²) in [5.41, 5.74) is -0.223. The lowest BCUT2D eigenvalue weighted by Gasteiger charge is -2.34. The summed E-state index contributed by atoms with van der Waals surface area (Å²) in [6.45, 7) is 2.57. The Morgan fingerprint density at radius 1 is 0.872 bits per heavy atom. The Balaban J connectivity index is 1.47. The number of amides is 1. The van der Waals surface area contributed by atoms with E-state index in [2.05, 4.69) is 15.0 Å². The van der Waals surface area contributed by atoms with Crippen LogP contribution in [0.1, 0.15) is 12.8 Å². The van der Waals surface area contributed by atoms with Gasteiger partial charge < -0.3 is 19.3 Å². The van der Waals surface area contributed by atoms with Crippen LogP contribution in [0.3, 0.4) is 0 Å². The van der Waals surface area contributed by atoms with E-state index >= 15 is 0 Å². The maximum Gasteiger partial charge on any atom is 0.472 e. The lowest BCUT2D eigenvalue weighted by Crippen LogP contribution is -2.42. The predicted molar refractivity (Wildman–Crippen MR) is 135 cm³/mol. The van der Waals surface area contributed by atoms with Gasteiger partial charge in [0.05, 0.1) is 18.9 Å². The Hall–Kier alpha value is -4.00. The number of hydrogen-bond donors (Lipinski definition) is 0. The molecule has 0 atom stereocenters. The van der Waals surface area contributed by atoms with E-state index in [0.717, 1.165) is 30.0 Å². The molecule has 0 bridgehead atoms. The van der Waals surface area contributed by atoms with Gasteiger partial charge in [-0.05, 0) is 36.4 Å². The van der Waals surface area contributed by atoms with Gasteiger partial charge in [0, 0.05) is 39.0 Å². The highest BCUT2D eigenvalue weighted by atomic mass is 19.4. The first kappa shape index (κ1) is 26.6. The molecule has 13 heteroatoms. The van der Waals surface area contributed by atoms with Crippen molar-refractivity contribution in [3.63, 3.8) is 0 Å². The van der Waals surface area contributed by atoms with Crippen molar-refractivity contribution in [2.45, 2.75) is 25.1 Å². The summed E-state index contributed by atoms with van der Waals surface area (Å²) >= 11 is 0. The smallest absolute Gasteiger partial charge is 0.472 e. The lowest BCUT2D eigenvalue weighted by molar-refractivity contribution is -0.169. The first-order chi connectivity index (χ1) is 18.8. The van der Waals surface area contributed by atoms with Gasteiger partial charge in [-0.25, -0.2) is 9.29 Å². The van der Waals surface area contributed by atoms with Gasteiger partial charge in [0.2, 0.25) is 17.8 Å². The molecule has 1 aromatic heterocycles. The number of morpholine rings is 1. The van der Waals surface area contributed by atoms with Gasteiger partial charge in [0.15, 0.2) is 0 Å². The summed E-state index contributed by atoms with van der Waals surface area (Å²) in [7, 11) is 0. The van der Waals surface area contributed by atoms with E-state index in [1.807, 2.05) is 35.2 Å². The lowest BCUT2D eigenvalue weighted by atomic mass is 10.1. The number of benzene rings is 2. The van der Waals surface area contributed by atoms with Crippen LogP contribution >= 0.6 is 0 Å². The van der Waals surface area contributed by atoms with Crippen LogP contribution in [0.5, 0.6) is 5.75 Å². The Labute approximate surface area is 222 Å². The largest absolute Gasteiger partial charge is 0.490 e. The highest BCUT2D eigenvalue weighted by molar-refractivity contribution is 6.02. The molecule has 2 aliphatic heterocycles. The fourth-order valence-electron chi connectivity index (χ4n) is 4.40. The van der Waals surface area contributed by atoms with E-state index in [1.54, 1.807) is 4.90 Å². The van der Waals surface area contributed by atoms with Crippen molar-refractivity contribution in [1.29, 1.82) is 0 Å². The number of anilines is 4. The summed E-state index contributed by atoms with van der Waals surface area (Å²) in [4.78, 5) is 29.7. The van der Waals surface area contributed by atoms with E-state index < -0.39 is 23.8 Å². The fraction of sp³-hybridized carbons (Fsp3) is 0.385. The number of carbonyl (C=O) groups is 1. The number of halogens is 4. The summed E-state index contributed by atoms with van der Waals surface area (Å²) in [5, 5.41) is 0. The average molecular weight is 547 g/mol. The topological polar surface area (TPSA) is 83.9 Å². The molecule has 1 amide bonds. The number of hydrogen-bond acceptors (Lipinski definition) is 8. The van der Waals surface area contributed by atoms with Crippen LogP contribution < -0.4 is 19.4 Å². The van der Waals surface area contributed by atoms with Crippen molar-refractivity contribution < 1.29 is 31.8 Å². The zero-order valence-electron chi connectivity index (χ0n) is 20.9. The highest BCUT2D eigenvalue weighted by Gasteiger charge is 2.45. The average Bonchev–Trinajstić information content (AvgIpc) is 2.95. The highest BCUT2D eigenvalue weighted by Crippen LogP contribution is 2.32. The van der Waals surface area contributed by atoms with E-state index in [0.29, 0.717) is 57.1 Å². The molecule has 3 aromatic rings.